The van der Waals surface area contributed by atoms with E-state index in [9.17, 15) is 14.4 Å². The molecule has 7 nitrogen and oxygen atoms in total. The highest BCUT2D eigenvalue weighted by Crippen LogP contribution is 2.25. The number of anilines is 1. The molecule has 0 aliphatic heterocycles. The Morgan fingerprint density at radius 1 is 1.25 bits per heavy atom. The number of hydrogen-bond donors (Lipinski definition) is 2. The highest BCUT2D eigenvalue weighted by molar-refractivity contribution is 6.40. The quantitative estimate of drug-likeness (QED) is 0.522. The third-order valence-corrected chi connectivity index (χ3v) is 5.11. The van der Waals surface area contributed by atoms with Gasteiger partial charge < -0.3 is 15.0 Å². The third-order valence-electron chi connectivity index (χ3n) is 5.11. The van der Waals surface area contributed by atoms with Crippen molar-refractivity contribution < 1.29 is 14.7 Å². The Labute approximate surface area is 160 Å². The summed E-state index contributed by atoms with van der Waals surface area (Å²) in [4.78, 5) is 40.1. The fraction of sp³-hybridized carbons (Fsp3) is 0.238. The van der Waals surface area contributed by atoms with E-state index >= 15 is 0 Å². The number of aromatic nitrogens is 2. The minimum Gasteiger partial charge on any atom is -0.475 e. The molecule has 0 radical (unpaired) electrons. The van der Waals surface area contributed by atoms with Crippen LogP contribution in [-0.4, -0.2) is 32.5 Å². The number of nitrogens with zero attached hydrogens (tertiary/aromatic N) is 2. The first-order valence-electron chi connectivity index (χ1n) is 9.12. The summed E-state index contributed by atoms with van der Waals surface area (Å²) in [5.41, 5.74) is 2.74. The number of carbonyl (C=O) groups excluding carboxylic acids is 1. The van der Waals surface area contributed by atoms with E-state index in [1.807, 2.05) is 19.1 Å². The Morgan fingerprint density at radius 2 is 1.93 bits per heavy atom. The average molecular weight is 377 g/mol. The molecule has 1 aliphatic rings. The van der Waals surface area contributed by atoms with Crippen LogP contribution in [0.5, 0.6) is 0 Å². The lowest BCUT2D eigenvalue weighted by Gasteiger charge is -2.15. The smallest absolute Gasteiger partial charge is 0.377 e. The van der Waals surface area contributed by atoms with Crippen molar-refractivity contribution in [2.45, 2.75) is 32.4 Å². The van der Waals surface area contributed by atoms with Crippen molar-refractivity contribution in [3.8, 4) is 0 Å². The van der Waals surface area contributed by atoms with E-state index in [2.05, 4.69) is 22.4 Å². The van der Waals surface area contributed by atoms with Crippen LogP contribution in [0.4, 0.5) is 5.69 Å². The van der Waals surface area contributed by atoms with E-state index in [0.717, 1.165) is 12.8 Å². The number of benzene rings is 1. The number of carboxylic acids is 1. The van der Waals surface area contributed by atoms with Gasteiger partial charge in [-0.3, -0.25) is 9.59 Å². The summed E-state index contributed by atoms with van der Waals surface area (Å²) >= 11 is 0. The first-order chi connectivity index (χ1) is 13.5. The lowest BCUT2D eigenvalue weighted by molar-refractivity contribution is -0.131. The molecule has 2 aromatic heterocycles. The summed E-state index contributed by atoms with van der Waals surface area (Å²) in [5, 5.41) is 12.6. The zero-order chi connectivity index (χ0) is 19.8. The molecule has 2 heterocycles. The lowest BCUT2D eigenvalue weighted by Crippen LogP contribution is -2.25. The van der Waals surface area contributed by atoms with Gasteiger partial charge in [0.25, 0.3) is 5.78 Å². The summed E-state index contributed by atoms with van der Waals surface area (Å²) in [5.74, 6) is -2.86. The molecule has 0 spiro atoms. The zero-order valence-electron chi connectivity index (χ0n) is 15.3. The Morgan fingerprint density at radius 3 is 2.54 bits per heavy atom. The fourth-order valence-electron chi connectivity index (χ4n) is 3.77. The van der Waals surface area contributed by atoms with Crippen molar-refractivity contribution in [2.24, 2.45) is 0 Å². The molecule has 1 aliphatic carbocycles. The van der Waals surface area contributed by atoms with Gasteiger partial charge in [-0.05, 0) is 37.0 Å². The van der Waals surface area contributed by atoms with Gasteiger partial charge in [0.05, 0.1) is 22.8 Å². The summed E-state index contributed by atoms with van der Waals surface area (Å²) in [7, 11) is 0. The zero-order valence-corrected chi connectivity index (χ0v) is 15.3. The van der Waals surface area contributed by atoms with Crippen molar-refractivity contribution in [1.82, 2.24) is 9.55 Å². The number of Topliss-reactive ketones (excluding diaryl/α,β-unsaturated/α-hetero) is 1. The molecule has 0 atom stereocenters. The number of fused-ring (bicyclic) bond motifs is 2. The summed E-state index contributed by atoms with van der Waals surface area (Å²) in [6.45, 7) is 2.29. The largest absolute Gasteiger partial charge is 0.475 e. The standard InChI is InChI=1S/C21H19N3O4/c1-2-24-11-17(19(26)21(27)28)18(25)16-9-15(10-22-20(16)24)23-14-7-12-5-3-4-6-13(12)8-14/h3-6,9-11,14,23H,2,7-8H2,1H3,(H,27,28). The number of pyridine rings is 2. The predicted octanol–water partition coefficient (Wildman–Crippen LogP) is 2.26. The molecule has 28 heavy (non-hydrogen) atoms. The number of nitrogens with one attached hydrogen (secondary N) is 1. The molecule has 0 unspecified atom stereocenters. The van der Waals surface area contributed by atoms with Crippen molar-refractivity contribution >= 4 is 28.5 Å². The SMILES string of the molecule is CCn1cc(C(=O)C(=O)O)c(=O)c2cc(NC3Cc4ccccc4C3)cnc21. The molecular formula is C21H19N3O4. The molecule has 1 aromatic carbocycles. The first kappa shape index (κ1) is 17.9. The maximum absolute atomic E-state index is 12.7. The second-order valence-corrected chi connectivity index (χ2v) is 6.91. The number of rotatable bonds is 5. The van der Waals surface area contributed by atoms with Gasteiger partial charge >= 0.3 is 5.97 Å². The number of carboxylic acid groups (broad SMARTS) is 1. The van der Waals surface area contributed by atoms with Crippen LogP contribution < -0.4 is 10.7 Å². The van der Waals surface area contributed by atoms with Gasteiger partial charge in [-0.1, -0.05) is 24.3 Å². The molecule has 7 heteroatoms. The van der Waals surface area contributed by atoms with E-state index in [-0.39, 0.29) is 17.0 Å². The predicted molar refractivity (Wildman–Crippen MR) is 105 cm³/mol. The van der Waals surface area contributed by atoms with Gasteiger partial charge in [0.1, 0.15) is 5.65 Å². The van der Waals surface area contributed by atoms with Crippen molar-refractivity contribution in [3.05, 3.63) is 69.6 Å². The Bertz CT molecular complexity index is 1140. The van der Waals surface area contributed by atoms with Gasteiger partial charge in [0.15, 0.2) is 0 Å². The molecule has 0 bridgehead atoms. The fourth-order valence-corrected chi connectivity index (χ4v) is 3.77. The number of hydrogen-bond acceptors (Lipinski definition) is 5. The van der Waals surface area contributed by atoms with Gasteiger partial charge in [-0.2, -0.15) is 0 Å². The van der Waals surface area contributed by atoms with Gasteiger partial charge in [-0.15, -0.1) is 0 Å². The molecule has 3 aromatic rings. The maximum Gasteiger partial charge on any atom is 0.377 e. The molecule has 0 fully saturated rings. The molecule has 2 N–H and O–H groups in total. The Hall–Kier alpha value is -3.48. The maximum atomic E-state index is 12.7. The van der Waals surface area contributed by atoms with E-state index in [1.54, 1.807) is 16.8 Å². The van der Waals surface area contributed by atoms with Gasteiger partial charge in [0, 0.05) is 18.8 Å². The van der Waals surface area contributed by atoms with Crippen LogP contribution in [0.1, 0.15) is 28.4 Å². The third kappa shape index (κ3) is 3.05. The normalized spacial score (nSPS) is 13.5. The molecular weight excluding hydrogens is 358 g/mol. The molecule has 0 amide bonds. The van der Waals surface area contributed by atoms with Crippen molar-refractivity contribution in [2.75, 3.05) is 5.32 Å². The van der Waals surface area contributed by atoms with E-state index < -0.39 is 17.2 Å². The highest BCUT2D eigenvalue weighted by Gasteiger charge is 2.23. The summed E-state index contributed by atoms with van der Waals surface area (Å²) in [6.07, 6.45) is 4.69. The first-order valence-corrected chi connectivity index (χ1v) is 9.12. The second-order valence-electron chi connectivity index (χ2n) is 6.91. The molecule has 4 rings (SSSR count). The van der Waals surface area contributed by atoms with Crippen LogP contribution in [-0.2, 0) is 24.2 Å². The van der Waals surface area contributed by atoms with E-state index in [0.29, 0.717) is 17.9 Å². The molecule has 0 saturated carbocycles. The minimum absolute atomic E-state index is 0.189. The van der Waals surface area contributed by atoms with Crippen LogP contribution in [0.3, 0.4) is 0 Å². The topological polar surface area (TPSA) is 101 Å². The number of ketones is 1. The van der Waals surface area contributed by atoms with Crippen LogP contribution in [0.15, 0.2) is 47.5 Å². The molecule has 0 saturated heterocycles. The second kappa shape index (κ2) is 6.92. The number of aliphatic carboxylic acids is 1. The lowest BCUT2D eigenvalue weighted by atomic mass is 10.1. The van der Waals surface area contributed by atoms with Crippen LogP contribution in [0.25, 0.3) is 11.0 Å². The minimum atomic E-state index is -1.65. The van der Waals surface area contributed by atoms with Crippen LogP contribution in [0, 0.1) is 0 Å². The summed E-state index contributed by atoms with van der Waals surface area (Å²) in [6, 6.07) is 10.1. The van der Waals surface area contributed by atoms with Crippen LogP contribution >= 0.6 is 0 Å². The van der Waals surface area contributed by atoms with E-state index in [1.165, 1.54) is 17.3 Å². The Balaban J connectivity index is 1.72. The molecule has 142 valence electrons. The average Bonchev–Trinajstić information content (AvgIpc) is 3.10. The van der Waals surface area contributed by atoms with Gasteiger partial charge in [-0.25, -0.2) is 9.78 Å². The Kier molecular flexibility index (Phi) is 4.43. The van der Waals surface area contributed by atoms with Crippen molar-refractivity contribution in [1.29, 1.82) is 0 Å². The summed E-state index contributed by atoms with van der Waals surface area (Å²) < 4.78 is 1.61. The van der Waals surface area contributed by atoms with E-state index in [4.69, 9.17) is 5.11 Å². The van der Waals surface area contributed by atoms with Crippen molar-refractivity contribution in [3.63, 3.8) is 0 Å². The van der Waals surface area contributed by atoms with Crippen LogP contribution in [0.2, 0.25) is 0 Å². The number of carbonyl (C=O) groups is 2. The highest BCUT2D eigenvalue weighted by atomic mass is 16.4. The van der Waals surface area contributed by atoms with Gasteiger partial charge in [0.2, 0.25) is 5.43 Å². The monoisotopic (exact) mass is 377 g/mol. The number of aryl methyl sites for hydroxylation is 1.